The van der Waals surface area contributed by atoms with E-state index in [9.17, 15) is 9.90 Å². The Balaban J connectivity index is 1.95. The molecule has 0 saturated carbocycles. The number of nitrogens with one attached hydrogen (secondary N) is 2. The predicted molar refractivity (Wildman–Crippen MR) is 99.4 cm³/mol. The van der Waals surface area contributed by atoms with Gasteiger partial charge in [-0.3, -0.25) is 5.43 Å². The SMILES string of the molecule is COC(=O)c1cccc(NC(=S)N/N=C\c2ccc(O)c(OC)c2)c1. The average molecular weight is 359 g/mol. The maximum absolute atomic E-state index is 11.5. The van der Waals surface area contributed by atoms with Crippen LogP contribution in [0.15, 0.2) is 47.6 Å². The molecule has 0 radical (unpaired) electrons. The summed E-state index contributed by atoms with van der Waals surface area (Å²) in [4.78, 5) is 11.5. The molecule has 0 saturated heterocycles. The van der Waals surface area contributed by atoms with Crippen LogP contribution in [0.1, 0.15) is 15.9 Å². The first-order valence-electron chi connectivity index (χ1n) is 7.19. The highest BCUT2D eigenvalue weighted by Crippen LogP contribution is 2.25. The van der Waals surface area contributed by atoms with Crippen molar-refractivity contribution in [2.45, 2.75) is 0 Å². The van der Waals surface area contributed by atoms with E-state index in [-0.39, 0.29) is 10.9 Å². The van der Waals surface area contributed by atoms with E-state index >= 15 is 0 Å². The van der Waals surface area contributed by atoms with Crippen LogP contribution in [0.5, 0.6) is 11.5 Å². The van der Waals surface area contributed by atoms with Gasteiger partial charge in [-0.15, -0.1) is 0 Å². The summed E-state index contributed by atoms with van der Waals surface area (Å²) in [7, 11) is 2.79. The Morgan fingerprint density at radius 3 is 2.76 bits per heavy atom. The van der Waals surface area contributed by atoms with Crippen molar-refractivity contribution in [2.75, 3.05) is 19.5 Å². The monoisotopic (exact) mass is 359 g/mol. The number of aromatic hydroxyl groups is 1. The Hall–Kier alpha value is -3.13. The number of methoxy groups -OCH3 is 2. The molecular weight excluding hydrogens is 342 g/mol. The lowest BCUT2D eigenvalue weighted by atomic mass is 10.2. The number of rotatable bonds is 5. The zero-order valence-corrected chi connectivity index (χ0v) is 14.5. The van der Waals surface area contributed by atoms with E-state index in [2.05, 4.69) is 20.6 Å². The second-order valence-electron chi connectivity index (χ2n) is 4.83. The maximum atomic E-state index is 11.5. The Morgan fingerprint density at radius 2 is 2.04 bits per heavy atom. The molecular formula is C17H17N3O4S. The molecule has 0 aliphatic carbocycles. The summed E-state index contributed by atoms with van der Waals surface area (Å²) >= 11 is 5.14. The third-order valence-corrected chi connectivity index (χ3v) is 3.32. The first kappa shape index (κ1) is 18.2. The van der Waals surface area contributed by atoms with E-state index in [1.54, 1.807) is 36.4 Å². The summed E-state index contributed by atoms with van der Waals surface area (Å²) < 4.78 is 9.69. The maximum Gasteiger partial charge on any atom is 0.337 e. The molecule has 2 aromatic rings. The van der Waals surface area contributed by atoms with Crippen molar-refractivity contribution in [1.82, 2.24) is 5.43 Å². The standard InChI is InChI=1S/C17H17N3O4S/c1-23-15-8-11(6-7-14(15)21)10-18-20-17(25)19-13-5-3-4-12(9-13)16(22)24-2/h3-10,21H,1-2H3,(H2,19,20,25)/b18-10-. The highest BCUT2D eigenvalue weighted by molar-refractivity contribution is 7.80. The highest BCUT2D eigenvalue weighted by atomic mass is 32.1. The van der Waals surface area contributed by atoms with Crippen LogP contribution in [0.3, 0.4) is 0 Å². The minimum Gasteiger partial charge on any atom is -0.504 e. The second kappa shape index (κ2) is 8.65. The molecule has 0 heterocycles. The number of esters is 1. The van der Waals surface area contributed by atoms with Crippen molar-refractivity contribution in [1.29, 1.82) is 0 Å². The first-order valence-corrected chi connectivity index (χ1v) is 7.59. The Morgan fingerprint density at radius 1 is 1.24 bits per heavy atom. The topological polar surface area (TPSA) is 92.2 Å². The number of hydrogen-bond donors (Lipinski definition) is 3. The molecule has 0 unspecified atom stereocenters. The Kier molecular flexibility index (Phi) is 6.30. The third kappa shape index (κ3) is 5.18. The van der Waals surface area contributed by atoms with Crippen LogP contribution in [0.2, 0.25) is 0 Å². The lowest BCUT2D eigenvalue weighted by Crippen LogP contribution is -2.24. The van der Waals surface area contributed by atoms with E-state index in [1.807, 2.05) is 0 Å². The number of phenols is 1. The number of nitrogens with zero attached hydrogens (tertiary/aromatic N) is 1. The first-order chi connectivity index (χ1) is 12.0. The quantitative estimate of drug-likeness (QED) is 0.327. The molecule has 25 heavy (non-hydrogen) atoms. The minimum atomic E-state index is -0.429. The Labute approximate surface area is 150 Å². The predicted octanol–water partition coefficient (Wildman–Crippen LogP) is 2.51. The molecule has 8 heteroatoms. The fourth-order valence-electron chi connectivity index (χ4n) is 1.94. The second-order valence-corrected chi connectivity index (χ2v) is 5.24. The fourth-order valence-corrected chi connectivity index (χ4v) is 2.11. The molecule has 2 rings (SSSR count). The molecule has 0 amide bonds. The smallest absolute Gasteiger partial charge is 0.337 e. The van der Waals surface area contributed by atoms with Crippen LogP contribution in [0.4, 0.5) is 5.69 Å². The lowest BCUT2D eigenvalue weighted by molar-refractivity contribution is 0.0601. The molecule has 0 atom stereocenters. The van der Waals surface area contributed by atoms with Gasteiger partial charge in [0.2, 0.25) is 0 Å². The summed E-state index contributed by atoms with van der Waals surface area (Å²) in [5, 5.41) is 16.7. The molecule has 7 nitrogen and oxygen atoms in total. The molecule has 0 aromatic heterocycles. The van der Waals surface area contributed by atoms with Gasteiger partial charge in [-0.05, 0) is 54.2 Å². The van der Waals surface area contributed by atoms with Crippen molar-refractivity contribution < 1.29 is 19.4 Å². The van der Waals surface area contributed by atoms with Crippen LogP contribution in [0, 0.1) is 0 Å². The van der Waals surface area contributed by atoms with Gasteiger partial charge in [-0.25, -0.2) is 4.79 Å². The summed E-state index contributed by atoms with van der Waals surface area (Å²) in [5.41, 5.74) is 4.42. The Bertz CT molecular complexity index is 808. The van der Waals surface area contributed by atoms with E-state index in [1.165, 1.54) is 26.5 Å². The van der Waals surface area contributed by atoms with E-state index in [0.29, 0.717) is 17.0 Å². The largest absolute Gasteiger partial charge is 0.504 e. The van der Waals surface area contributed by atoms with Crippen LogP contribution in [0.25, 0.3) is 0 Å². The number of carbonyl (C=O) groups is 1. The fraction of sp³-hybridized carbons (Fsp3) is 0.118. The molecule has 0 bridgehead atoms. The van der Waals surface area contributed by atoms with Crippen molar-refractivity contribution in [2.24, 2.45) is 5.10 Å². The molecule has 0 aliphatic heterocycles. The molecule has 130 valence electrons. The number of hydrogen-bond acceptors (Lipinski definition) is 6. The number of ether oxygens (including phenoxy) is 2. The minimum absolute atomic E-state index is 0.0512. The lowest BCUT2D eigenvalue weighted by Gasteiger charge is -2.08. The number of anilines is 1. The normalized spacial score (nSPS) is 10.3. The van der Waals surface area contributed by atoms with Gasteiger partial charge in [0.25, 0.3) is 0 Å². The summed E-state index contributed by atoms with van der Waals surface area (Å²) in [6.45, 7) is 0. The molecule has 0 spiro atoms. The third-order valence-electron chi connectivity index (χ3n) is 3.13. The molecule has 3 N–H and O–H groups in total. The van der Waals surface area contributed by atoms with Gasteiger partial charge in [0.1, 0.15) is 0 Å². The molecule has 0 fully saturated rings. The van der Waals surface area contributed by atoms with Crippen LogP contribution in [-0.2, 0) is 4.74 Å². The van der Waals surface area contributed by atoms with Crippen molar-refractivity contribution >= 4 is 35.2 Å². The highest BCUT2D eigenvalue weighted by Gasteiger charge is 2.06. The van der Waals surface area contributed by atoms with Crippen molar-refractivity contribution in [3.63, 3.8) is 0 Å². The van der Waals surface area contributed by atoms with Gasteiger partial charge in [-0.1, -0.05) is 6.07 Å². The number of carbonyl (C=O) groups excluding carboxylic acids is 1. The van der Waals surface area contributed by atoms with Crippen molar-refractivity contribution in [3.05, 3.63) is 53.6 Å². The zero-order valence-electron chi connectivity index (χ0n) is 13.6. The van der Waals surface area contributed by atoms with E-state index in [4.69, 9.17) is 17.0 Å². The van der Waals surface area contributed by atoms with Crippen molar-refractivity contribution in [3.8, 4) is 11.5 Å². The molecule has 0 aliphatic rings. The summed E-state index contributed by atoms with van der Waals surface area (Å²) in [6, 6.07) is 11.6. The number of thiocarbonyl (C=S) groups is 1. The van der Waals surface area contributed by atoms with Gasteiger partial charge in [-0.2, -0.15) is 5.10 Å². The summed E-state index contributed by atoms with van der Waals surface area (Å²) in [5.74, 6) is -0.0265. The van der Waals surface area contributed by atoms with E-state index in [0.717, 1.165) is 5.56 Å². The van der Waals surface area contributed by atoms with Crippen LogP contribution in [-0.4, -0.2) is 36.6 Å². The number of hydrazone groups is 1. The van der Waals surface area contributed by atoms with Crippen LogP contribution < -0.4 is 15.5 Å². The van der Waals surface area contributed by atoms with Crippen LogP contribution >= 0.6 is 12.2 Å². The van der Waals surface area contributed by atoms with Gasteiger partial charge in [0.15, 0.2) is 16.6 Å². The van der Waals surface area contributed by atoms with Gasteiger partial charge < -0.3 is 19.9 Å². The van der Waals surface area contributed by atoms with Gasteiger partial charge in [0.05, 0.1) is 26.0 Å². The van der Waals surface area contributed by atoms with Gasteiger partial charge in [0, 0.05) is 5.69 Å². The summed E-state index contributed by atoms with van der Waals surface area (Å²) in [6.07, 6.45) is 1.53. The zero-order chi connectivity index (χ0) is 18.2. The number of phenolic OH excluding ortho intramolecular Hbond substituents is 1. The number of benzene rings is 2. The van der Waals surface area contributed by atoms with Gasteiger partial charge >= 0.3 is 5.97 Å². The van der Waals surface area contributed by atoms with E-state index < -0.39 is 5.97 Å². The molecule has 2 aromatic carbocycles. The average Bonchev–Trinajstić information content (AvgIpc) is 2.62.